The van der Waals surface area contributed by atoms with Crippen LogP contribution in [-0.2, 0) is 19.4 Å². The molecule has 1 fully saturated rings. The molecule has 3 rings (SSSR count). The third kappa shape index (κ3) is 3.21. The molecule has 1 heterocycles. The second kappa shape index (κ2) is 6.06. The van der Waals surface area contributed by atoms with E-state index in [1.54, 1.807) is 6.92 Å². The van der Waals surface area contributed by atoms with E-state index in [1.165, 1.54) is 36.0 Å². The van der Waals surface area contributed by atoms with Gasteiger partial charge in [0.15, 0.2) is 0 Å². The first-order valence-electron chi connectivity index (χ1n) is 7.95. The van der Waals surface area contributed by atoms with Crippen LogP contribution in [0.2, 0.25) is 0 Å². The van der Waals surface area contributed by atoms with Gasteiger partial charge in [0.05, 0.1) is 6.10 Å². The summed E-state index contributed by atoms with van der Waals surface area (Å²) in [5, 5.41) is 12.6. The molecule has 2 atom stereocenters. The third-order valence-corrected chi connectivity index (χ3v) is 4.80. The maximum absolute atomic E-state index is 12.2. The van der Waals surface area contributed by atoms with Crippen LogP contribution in [0.3, 0.4) is 0 Å². The quantitative estimate of drug-likeness (QED) is 0.895. The number of rotatable bonds is 3. The molecule has 0 spiro atoms. The molecule has 1 aliphatic heterocycles. The fraction of sp³-hybridized carbons (Fsp3) is 0.588. The molecule has 2 amide bonds. The third-order valence-electron chi connectivity index (χ3n) is 4.80. The minimum Gasteiger partial charge on any atom is -0.393 e. The largest absolute Gasteiger partial charge is 0.393 e. The van der Waals surface area contributed by atoms with E-state index >= 15 is 0 Å². The lowest BCUT2D eigenvalue weighted by Gasteiger charge is -2.18. The maximum atomic E-state index is 12.2. The van der Waals surface area contributed by atoms with Crippen LogP contribution in [0.15, 0.2) is 18.2 Å². The number of fused-ring (bicyclic) bond motifs is 1. The number of aliphatic hydroxyl groups excluding tert-OH is 1. The van der Waals surface area contributed by atoms with Crippen molar-refractivity contribution in [2.75, 3.05) is 13.1 Å². The van der Waals surface area contributed by atoms with Gasteiger partial charge in [0, 0.05) is 25.6 Å². The van der Waals surface area contributed by atoms with Gasteiger partial charge in [-0.2, -0.15) is 0 Å². The normalized spacial score (nSPS) is 22.2. The first kappa shape index (κ1) is 14.4. The van der Waals surface area contributed by atoms with Crippen LogP contribution in [0.4, 0.5) is 4.79 Å². The number of hydrogen-bond acceptors (Lipinski definition) is 2. The van der Waals surface area contributed by atoms with Gasteiger partial charge in [-0.1, -0.05) is 18.2 Å². The summed E-state index contributed by atoms with van der Waals surface area (Å²) in [7, 11) is 0. The summed E-state index contributed by atoms with van der Waals surface area (Å²) in [6.07, 6.45) is 4.17. The van der Waals surface area contributed by atoms with Crippen LogP contribution in [0.1, 0.15) is 36.5 Å². The maximum Gasteiger partial charge on any atom is 0.317 e. The van der Waals surface area contributed by atoms with Gasteiger partial charge in [-0.25, -0.2) is 4.79 Å². The van der Waals surface area contributed by atoms with Crippen molar-refractivity contribution in [2.45, 2.75) is 45.3 Å². The first-order chi connectivity index (χ1) is 10.1. The molecule has 0 saturated carbocycles. The number of nitrogens with zero attached hydrogens (tertiary/aromatic N) is 1. The summed E-state index contributed by atoms with van der Waals surface area (Å²) in [6, 6.07) is 6.53. The first-order valence-corrected chi connectivity index (χ1v) is 7.95. The number of urea groups is 1. The molecule has 1 aromatic rings. The van der Waals surface area contributed by atoms with E-state index in [-0.39, 0.29) is 18.1 Å². The molecule has 114 valence electrons. The smallest absolute Gasteiger partial charge is 0.317 e. The monoisotopic (exact) mass is 288 g/mol. The Morgan fingerprint density at radius 3 is 3.00 bits per heavy atom. The summed E-state index contributed by atoms with van der Waals surface area (Å²) in [5.74, 6) is 0.218. The highest BCUT2D eigenvalue weighted by atomic mass is 16.3. The van der Waals surface area contributed by atoms with Crippen molar-refractivity contribution >= 4 is 6.03 Å². The van der Waals surface area contributed by atoms with Gasteiger partial charge in [0.1, 0.15) is 0 Å². The summed E-state index contributed by atoms with van der Waals surface area (Å²) in [5.41, 5.74) is 4.08. The van der Waals surface area contributed by atoms with E-state index in [0.717, 1.165) is 13.0 Å². The highest BCUT2D eigenvalue weighted by Crippen LogP contribution is 2.23. The van der Waals surface area contributed by atoms with Crippen LogP contribution in [0.5, 0.6) is 0 Å². The van der Waals surface area contributed by atoms with Gasteiger partial charge >= 0.3 is 6.03 Å². The van der Waals surface area contributed by atoms with Crippen LogP contribution in [0, 0.1) is 5.92 Å². The Hall–Kier alpha value is -1.55. The average molecular weight is 288 g/mol. The van der Waals surface area contributed by atoms with E-state index in [0.29, 0.717) is 13.1 Å². The second-order valence-electron chi connectivity index (χ2n) is 6.35. The lowest BCUT2D eigenvalue weighted by molar-refractivity contribution is 0.129. The van der Waals surface area contributed by atoms with E-state index in [1.807, 2.05) is 4.90 Å². The zero-order valence-corrected chi connectivity index (χ0v) is 12.6. The molecule has 2 aliphatic rings. The van der Waals surface area contributed by atoms with Crippen LogP contribution >= 0.6 is 0 Å². The number of amides is 2. The Morgan fingerprint density at radius 1 is 1.43 bits per heavy atom. The molecule has 0 unspecified atom stereocenters. The molecule has 1 saturated heterocycles. The second-order valence-corrected chi connectivity index (χ2v) is 6.35. The van der Waals surface area contributed by atoms with Crippen molar-refractivity contribution in [3.63, 3.8) is 0 Å². The minimum absolute atomic E-state index is 0.0151. The zero-order valence-electron chi connectivity index (χ0n) is 12.6. The molecular formula is C17H24N2O2. The summed E-state index contributed by atoms with van der Waals surface area (Å²) in [6.45, 7) is 3.79. The van der Waals surface area contributed by atoms with Gasteiger partial charge in [0.25, 0.3) is 0 Å². The SMILES string of the molecule is C[C@H](O)[C@@H]1CCN(C(=O)NCc2ccc3c(c2)CCC3)C1. The Morgan fingerprint density at radius 2 is 2.24 bits per heavy atom. The number of carbonyl (C=O) groups excluding carboxylic acids is 1. The number of hydrogen-bond donors (Lipinski definition) is 2. The Kier molecular flexibility index (Phi) is 4.15. The fourth-order valence-corrected chi connectivity index (χ4v) is 3.39. The summed E-state index contributed by atoms with van der Waals surface area (Å²) < 4.78 is 0. The lowest BCUT2D eigenvalue weighted by Crippen LogP contribution is -2.38. The molecular weight excluding hydrogens is 264 g/mol. The molecule has 21 heavy (non-hydrogen) atoms. The molecule has 2 N–H and O–H groups in total. The summed E-state index contributed by atoms with van der Waals surface area (Å²) in [4.78, 5) is 14.0. The fourth-order valence-electron chi connectivity index (χ4n) is 3.39. The Balaban J connectivity index is 1.52. The standard InChI is InChI=1S/C17H24N2O2/c1-12(20)16-7-8-19(11-16)17(21)18-10-13-5-6-14-3-2-4-15(14)9-13/h5-6,9,12,16,20H,2-4,7-8,10-11H2,1H3,(H,18,21)/t12-,16+/m0/s1. The van der Waals surface area contributed by atoms with Crippen molar-refractivity contribution in [1.82, 2.24) is 10.2 Å². The highest BCUT2D eigenvalue weighted by molar-refractivity contribution is 5.74. The number of aliphatic hydroxyl groups is 1. The molecule has 0 bridgehead atoms. The Labute approximate surface area is 126 Å². The van der Waals surface area contributed by atoms with Crippen molar-refractivity contribution in [2.24, 2.45) is 5.92 Å². The number of nitrogens with one attached hydrogen (secondary N) is 1. The van der Waals surface area contributed by atoms with Gasteiger partial charge in [0.2, 0.25) is 0 Å². The van der Waals surface area contributed by atoms with Gasteiger partial charge in [-0.15, -0.1) is 0 Å². The molecule has 4 nitrogen and oxygen atoms in total. The predicted molar refractivity (Wildman–Crippen MR) is 82.1 cm³/mol. The van der Waals surface area contributed by atoms with Crippen LogP contribution < -0.4 is 5.32 Å². The lowest BCUT2D eigenvalue weighted by atomic mass is 10.0. The topological polar surface area (TPSA) is 52.6 Å². The van der Waals surface area contributed by atoms with Crippen molar-refractivity contribution in [3.05, 3.63) is 34.9 Å². The summed E-state index contributed by atoms with van der Waals surface area (Å²) >= 11 is 0. The van der Waals surface area contributed by atoms with E-state index in [2.05, 4.69) is 23.5 Å². The van der Waals surface area contributed by atoms with Crippen molar-refractivity contribution < 1.29 is 9.90 Å². The highest BCUT2D eigenvalue weighted by Gasteiger charge is 2.28. The minimum atomic E-state index is -0.334. The van der Waals surface area contributed by atoms with E-state index in [9.17, 15) is 9.90 Å². The molecule has 0 radical (unpaired) electrons. The predicted octanol–water partition coefficient (Wildman–Crippen LogP) is 2.09. The molecule has 0 aromatic heterocycles. The zero-order chi connectivity index (χ0) is 14.8. The van der Waals surface area contributed by atoms with E-state index in [4.69, 9.17) is 0 Å². The number of carbonyl (C=O) groups is 1. The number of likely N-dealkylation sites (tertiary alicyclic amines) is 1. The Bertz CT molecular complexity index is 528. The van der Waals surface area contributed by atoms with Crippen molar-refractivity contribution in [1.29, 1.82) is 0 Å². The van der Waals surface area contributed by atoms with E-state index < -0.39 is 0 Å². The molecule has 1 aromatic carbocycles. The van der Waals surface area contributed by atoms with Crippen LogP contribution in [-0.4, -0.2) is 35.2 Å². The number of benzene rings is 1. The van der Waals surface area contributed by atoms with Gasteiger partial charge in [-0.3, -0.25) is 0 Å². The van der Waals surface area contributed by atoms with Gasteiger partial charge < -0.3 is 15.3 Å². The van der Waals surface area contributed by atoms with Gasteiger partial charge in [-0.05, 0) is 49.3 Å². The number of aryl methyl sites for hydroxylation is 2. The van der Waals surface area contributed by atoms with Crippen molar-refractivity contribution in [3.8, 4) is 0 Å². The average Bonchev–Trinajstić information content (AvgIpc) is 3.12. The van der Waals surface area contributed by atoms with Crippen LogP contribution in [0.25, 0.3) is 0 Å². The molecule has 4 heteroatoms. The molecule has 1 aliphatic carbocycles.